The minimum Gasteiger partial charge on any atom is -0.481 e. The van der Waals surface area contributed by atoms with Gasteiger partial charge >= 0.3 is 0 Å². The first-order chi connectivity index (χ1) is 12.5. The van der Waals surface area contributed by atoms with E-state index >= 15 is 0 Å². The van der Waals surface area contributed by atoms with Gasteiger partial charge in [0.1, 0.15) is 5.75 Å². The van der Waals surface area contributed by atoms with Crippen LogP contribution >= 0.6 is 0 Å². The molecule has 1 aromatic heterocycles. The molecule has 2 aromatic carbocycles. The van der Waals surface area contributed by atoms with Crippen LogP contribution in [0.4, 0.5) is 5.69 Å². The van der Waals surface area contributed by atoms with Crippen LogP contribution in [0.15, 0.2) is 59.3 Å². The van der Waals surface area contributed by atoms with Crippen molar-refractivity contribution in [1.82, 2.24) is 10.2 Å². The van der Waals surface area contributed by atoms with Crippen molar-refractivity contribution in [2.24, 2.45) is 0 Å². The lowest BCUT2D eigenvalue weighted by atomic mass is 10.1. The summed E-state index contributed by atoms with van der Waals surface area (Å²) in [7, 11) is 0. The van der Waals surface area contributed by atoms with Crippen molar-refractivity contribution in [1.29, 1.82) is 0 Å². The molecule has 26 heavy (non-hydrogen) atoms. The van der Waals surface area contributed by atoms with Crippen molar-refractivity contribution in [2.75, 3.05) is 5.32 Å². The molecule has 1 atom stereocenters. The third-order valence-corrected chi connectivity index (χ3v) is 3.71. The number of ketones is 1. The number of benzene rings is 2. The van der Waals surface area contributed by atoms with E-state index in [2.05, 4.69) is 15.5 Å². The zero-order chi connectivity index (χ0) is 18.5. The highest BCUT2D eigenvalue weighted by Gasteiger charge is 2.17. The largest absolute Gasteiger partial charge is 0.481 e. The molecule has 0 unspecified atom stereocenters. The fourth-order valence-corrected chi connectivity index (χ4v) is 2.37. The molecule has 0 radical (unpaired) electrons. The lowest BCUT2D eigenvalue weighted by Gasteiger charge is -2.16. The SMILES string of the molecule is CC(=O)c1ccccc1NC(=O)[C@H](C)Oc1ccc(-c2nnco2)cc1. The number of rotatable bonds is 6. The fraction of sp³-hybridized carbons (Fsp3) is 0.158. The average molecular weight is 351 g/mol. The molecule has 1 amide bonds. The number of nitrogens with one attached hydrogen (secondary N) is 1. The molecule has 1 heterocycles. The molecule has 0 aliphatic heterocycles. The van der Waals surface area contributed by atoms with E-state index in [0.29, 0.717) is 22.9 Å². The Balaban J connectivity index is 1.65. The van der Waals surface area contributed by atoms with Gasteiger partial charge in [0.25, 0.3) is 5.91 Å². The van der Waals surface area contributed by atoms with E-state index in [-0.39, 0.29) is 11.7 Å². The summed E-state index contributed by atoms with van der Waals surface area (Å²) in [5, 5.41) is 10.2. The topological polar surface area (TPSA) is 94.3 Å². The Hall–Kier alpha value is -3.48. The summed E-state index contributed by atoms with van der Waals surface area (Å²) in [5.74, 6) is 0.463. The number of nitrogens with zero attached hydrogens (tertiary/aromatic N) is 2. The normalized spacial score (nSPS) is 11.6. The molecule has 0 saturated heterocycles. The van der Waals surface area contributed by atoms with Gasteiger partial charge in [-0.3, -0.25) is 9.59 Å². The highest BCUT2D eigenvalue weighted by atomic mass is 16.5. The molecule has 0 bridgehead atoms. The summed E-state index contributed by atoms with van der Waals surface area (Å²) in [6.45, 7) is 3.09. The number of hydrogen-bond acceptors (Lipinski definition) is 6. The van der Waals surface area contributed by atoms with Crippen LogP contribution in [0.3, 0.4) is 0 Å². The van der Waals surface area contributed by atoms with Crippen molar-refractivity contribution in [3.05, 3.63) is 60.5 Å². The predicted molar refractivity (Wildman–Crippen MR) is 94.9 cm³/mol. The quantitative estimate of drug-likeness (QED) is 0.685. The van der Waals surface area contributed by atoms with Crippen LogP contribution in [0, 0.1) is 0 Å². The number of hydrogen-bond donors (Lipinski definition) is 1. The summed E-state index contributed by atoms with van der Waals surface area (Å²) in [4.78, 5) is 24.0. The van der Waals surface area contributed by atoms with Gasteiger partial charge in [-0.05, 0) is 50.2 Å². The minimum atomic E-state index is -0.746. The van der Waals surface area contributed by atoms with Gasteiger partial charge in [0.2, 0.25) is 12.3 Å². The Bertz CT molecular complexity index is 905. The zero-order valence-electron chi connectivity index (χ0n) is 14.3. The van der Waals surface area contributed by atoms with Crippen LogP contribution in [-0.2, 0) is 4.79 Å². The Morgan fingerprint density at radius 2 is 1.85 bits per heavy atom. The number of ether oxygens (including phenoxy) is 1. The van der Waals surface area contributed by atoms with E-state index in [1.54, 1.807) is 55.5 Å². The summed E-state index contributed by atoms with van der Waals surface area (Å²) in [6.07, 6.45) is 0.509. The van der Waals surface area contributed by atoms with Crippen LogP contribution in [0.2, 0.25) is 0 Å². The molecular weight excluding hydrogens is 334 g/mol. The number of carbonyl (C=O) groups is 2. The maximum atomic E-state index is 12.4. The van der Waals surface area contributed by atoms with E-state index in [4.69, 9.17) is 9.15 Å². The average Bonchev–Trinajstić information content (AvgIpc) is 3.17. The van der Waals surface area contributed by atoms with Gasteiger partial charge in [0, 0.05) is 11.1 Å². The number of Topliss-reactive ketones (excluding diaryl/α,β-unsaturated/α-hetero) is 1. The first-order valence-corrected chi connectivity index (χ1v) is 7.98. The van der Waals surface area contributed by atoms with Gasteiger partial charge in [0.15, 0.2) is 11.9 Å². The summed E-state index contributed by atoms with van der Waals surface area (Å²) < 4.78 is 10.8. The molecule has 1 N–H and O–H groups in total. The molecule has 7 heteroatoms. The van der Waals surface area contributed by atoms with Gasteiger partial charge < -0.3 is 14.5 Å². The number of anilines is 1. The van der Waals surface area contributed by atoms with E-state index < -0.39 is 6.10 Å². The molecule has 0 fully saturated rings. The molecule has 0 aliphatic rings. The van der Waals surface area contributed by atoms with E-state index in [1.165, 1.54) is 13.3 Å². The number of amides is 1. The second-order valence-electron chi connectivity index (χ2n) is 5.62. The van der Waals surface area contributed by atoms with Gasteiger partial charge in [-0.15, -0.1) is 10.2 Å². The highest BCUT2D eigenvalue weighted by molar-refractivity contribution is 6.04. The Labute approximate surface area is 150 Å². The second kappa shape index (κ2) is 7.60. The van der Waals surface area contributed by atoms with Crippen molar-refractivity contribution >= 4 is 17.4 Å². The minimum absolute atomic E-state index is 0.119. The van der Waals surface area contributed by atoms with Crippen molar-refractivity contribution in [3.8, 4) is 17.2 Å². The van der Waals surface area contributed by atoms with Gasteiger partial charge in [-0.2, -0.15) is 0 Å². The monoisotopic (exact) mass is 351 g/mol. The molecule has 7 nitrogen and oxygen atoms in total. The lowest BCUT2D eigenvalue weighted by molar-refractivity contribution is -0.122. The zero-order valence-corrected chi connectivity index (χ0v) is 14.3. The van der Waals surface area contributed by atoms with Gasteiger partial charge in [-0.1, -0.05) is 12.1 Å². The second-order valence-corrected chi connectivity index (χ2v) is 5.62. The first-order valence-electron chi connectivity index (χ1n) is 7.98. The number of para-hydroxylation sites is 1. The van der Waals surface area contributed by atoms with Gasteiger partial charge in [0.05, 0.1) is 5.69 Å². The van der Waals surface area contributed by atoms with Crippen LogP contribution in [0.5, 0.6) is 5.75 Å². The van der Waals surface area contributed by atoms with Gasteiger partial charge in [-0.25, -0.2) is 0 Å². The maximum Gasteiger partial charge on any atom is 0.265 e. The summed E-state index contributed by atoms with van der Waals surface area (Å²) in [5.41, 5.74) is 1.67. The highest BCUT2D eigenvalue weighted by Crippen LogP contribution is 2.21. The fourth-order valence-electron chi connectivity index (χ4n) is 2.37. The smallest absolute Gasteiger partial charge is 0.265 e. The molecule has 0 saturated carbocycles. The standard InChI is InChI=1S/C19H17N3O4/c1-12(23)16-5-3-4-6-17(16)21-18(24)13(2)26-15-9-7-14(8-10-15)19-22-20-11-25-19/h3-11,13H,1-2H3,(H,21,24)/t13-/m0/s1. The van der Waals surface area contributed by atoms with Crippen molar-refractivity contribution in [2.45, 2.75) is 20.0 Å². The molecule has 3 aromatic rings. The summed E-state index contributed by atoms with van der Waals surface area (Å²) >= 11 is 0. The van der Waals surface area contributed by atoms with E-state index in [9.17, 15) is 9.59 Å². The number of carbonyl (C=O) groups excluding carboxylic acids is 2. The maximum absolute atomic E-state index is 12.4. The first kappa shape index (κ1) is 17.3. The molecule has 3 rings (SSSR count). The van der Waals surface area contributed by atoms with Crippen LogP contribution in [0.1, 0.15) is 24.2 Å². The van der Waals surface area contributed by atoms with E-state index in [0.717, 1.165) is 5.56 Å². The number of aromatic nitrogens is 2. The van der Waals surface area contributed by atoms with Crippen molar-refractivity contribution < 1.29 is 18.7 Å². The van der Waals surface area contributed by atoms with Crippen molar-refractivity contribution in [3.63, 3.8) is 0 Å². The predicted octanol–water partition coefficient (Wildman–Crippen LogP) is 3.35. The third kappa shape index (κ3) is 3.94. The van der Waals surface area contributed by atoms with Crippen LogP contribution < -0.4 is 10.1 Å². The Morgan fingerprint density at radius 3 is 2.50 bits per heavy atom. The Morgan fingerprint density at radius 1 is 1.12 bits per heavy atom. The third-order valence-electron chi connectivity index (χ3n) is 3.71. The molecular formula is C19H17N3O4. The van der Waals surface area contributed by atoms with Crippen LogP contribution in [-0.4, -0.2) is 28.0 Å². The summed E-state index contributed by atoms with van der Waals surface area (Å²) in [6, 6.07) is 13.8. The molecule has 132 valence electrons. The Kier molecular flexibility index (Phi) is 5.07. The molecule has 0 spiro atoms. The van der Waals surface area contributed by atoms with Crippen LogP contribution in [0.25, 0.3) is 11.5 Å². The van der Waals surface area contributed by atoms with E-state index in [1.807, 2.05) is 0 Å². The molecule has 0 aliphatic carbocycles. The lowest BCUT2D eigenvalue weighted by Crippen LogP contribution is -2.30.